The average molecular weight is 331 g/mol. The van der Waals surface area contributed by atoms with E-state index < -0.39 is 0 Å². The molecule has 17 heavy (non-hydrogen) atoms. The topological polar surface area (TPSA) is 24.9 Å². The molecule has 5 heteroatoms. The molecule has 1 unspecified atom stereocenters. The van der Waals surface area contributed by atoms with E-state index in [1.807, 2.05) is 0 Å². The number of nitrogens with one attached hydrogen (secondary N) is 1. The Morgan fingerprint density at radius 3 is 2.59 bits per heavy atom. The van der Waals surface area contributed by atoms with E-state index in [4.69, 9.17) is 0 Å². The lowest BCUT2D eigenvalue weighted by atomic mass is 10.2. The van der Waals surface area contributed by atoms with E-state index in [0.717, 1.165) is 17.2 Å². The zero-order valence-electron chi connectivity index (χ0n) is 10.1. The molecule has 0 aromatic carbocycles. The second-order valence-electron chi connectivity index (χ2n) is 3.83. The van der Waals surface area contributed by atoms with E-state index in [-0.39, 0.29) is 6.04 Å². The van der Waals surface area contributed by atoms with Crippen molar-refractivity contribution in [3.8, 4) is 0 Å². The summed E-state index contributed by atoms with van der Waals surface area (Å²) in [5.41, 5.74) is 1.14. The monoisotopic (exact) mass is 330 g/mol. The molecule has 2 aromatic rings. The number of thiophene rings is 1. The summed E-state index contributed by atoms with van der Waals surface area (Å²) in [5.74, 6) is 0. The lowest BCUT2D eigenvalue weighted by Gasteiger charge is -2.13. The Morgan fingerprint density at radius 2 is 2.12 bits per heavy atom. The largest absolute Gasteiger partial charge is 0.304 e. The molecule has 0 aliphatic carbocycles. The highest BCUT2D eigenvalue weighted by Gasteiger charge is 2.19. The minimum atomic E-state index is 0.230. The first-order valence-corrected chi connectivity index (χ1v) is 7.97. The van der Waals surface area contributed by atoms with Gasteiger partial charge in [0, 0.05) is 9.75 Å². The third kappa shape index (κ3) is 2.96. The number of thiazole rings is 1. The Bertz CT molecular complexity index is 485. The molecule has 0 saturated carbocycles. The molecule has 2 aromatic heterocycles. The van der Waals surface area contributed by atoms with Gasteiger partial charge in [-0.2, -0.15) is 0 Å². The summed E-state index contributed by atoms with van der Waals surface area (Å²) in [6, 6.07) is 4.49. The van der Waals surface area contributed by atoms with Crippen LogP contribution in [0.1, 0.15) is 33.4 Å². The van der Waals surface area contributed by atoms with Gasteiger partial charge in [-0.3, -0.25) is 0 Å². The molecule has 0 aliphatic rings. The molecule has 92 valence electrons. The maximum absolute atomic E-state index is 4.66. The van der Waals surface area contributed by atoms with Crippen LogP contribution in [0, 0.1) is 13.8 Å². The minimum Gasteiger partial charge on any atom is -0.304 e. The third-order valence-corrected chi connectivity index (χ3v) is 5.41. The van der Waals surface area contributed by atoms with E-state index in [1.54, 1.807) is 22.7 Å². The first-order valence-electron chi connectivity index (χ1n) is 5.54. The van der Waals surface area contributed by atoms with Gasteiger partial charge in [0.1, 0.15) is 5.01 Å². The van der Waals surface area contributed by atoms with Gasteiger partial charge in [0.15, 0.2) is 0 Å². The maximum Gasteiger partial charge on any atom is 0.115 e. The Hall–Kier alpha value is -0.230. The zero-order chi connectivity index (χ0) is 12.4. The van der Waals surface area contributed by atoms with Crippen LogP contribution in [0.15, 0.2) is 15.9 Å². The lowest BCUT2D eigenvalue weighted by molar-refractivity contribution is 0.635. The fourth-order valence-corrected chi connectivity index (χ4v) is 4.21. The van der Waals surface area contributed by atoms with Crippen molar-refractivity contribution in [2.45, 2.75) is 26.8 Å². The summed E-state index contributed by atoms with van der Waals surface area (Å²) in [5, 5.41) is 4.67. The van der Waals surface area contributed by atoms with Gasteiger partial charge >= 0.3 is 0 Å². The Balaban J connectivity index is 2.34. The summed E-state index contributed by atoms with van der Waals surface area (Å²) in [6.07, 6.45) is 0. The molecule has 0 aliphatic heterocycles. The molecule has 2 rings (SSSR count). The molecule has 0 saturated heterocycles. The van der Waals surface area contributed by atoms with Crippen molar-refractivity contribution < 1.29 is 0 Å². The number of hydrogen-bond acceptors (Lipinski definition) is 4. The minimum absolute atomic E-state index is 0.230. The number of aryl methyl sites for hydroxylation is 2. The number of rotatable bonds is 4. The van der Waals surface area contributed by atoms with Gasteiger partial charge in [0.25, 0.3) is 0 Å². The summed E-state index contributed by atoms with van der Waals surface area (Å²) < 4.78 is 1.17. The first-order chi connectivity index (χ1) is 8.11. The van der Waals surface area contributed by atoms with Gasteiger partial charge in [-0.25, -0.2) is 4.98 Å². The van der Waals surface area contributed by atoms with Crippen LogP contribution < -0.4 is 5.32 Å². The van der Waals surface area contributed by atoms with E-state index in [1.165, 1.54) is 13.5 Å². The quantitative estimate of drug-likeness (QED) is 0.904. The summed E-state index contributed by atoms with van der Waals surface area (Å²) in [4.78, 5) is 7.28. The number of hydrogen-bond donors (Lipinski definition) is 1. The Kier molecular flexibility index (Phi) is 4.36. The number of aromatic nitrogens is 1. The van der Waals surface area contributed by atoms with Crippen molar-refractivity contribution >= 4 is 38.6 Å². The molecule has 0 radical (unpaired) electrons. The molecular weight excluding hydrogens is 316 g/mol. The summed E-state index contributed by atoms with van der Waals surface area (Å²) >= 11 is 7.07. The lowest BCUT2D eigenvalue weighted by Crippen LogP contribution is -2.20. The van der Waals surface area contributed by atoms with E-state index in [0.29, 0.717) is 0 Å². The second-order valence-corrected chi connectivity index (χ2v) is 7.56. The van der Waals surface area contributed by atoms with Gasteiger partial charge in [0.2, 0.25) is 0 Å². The molecule has 1 N–H and O–H groups in total. The number of nitrogens with zero attached hydrogens (tertiary/aromatic N) is 1. The van der Waals surface area contributed by atoms with Crippen molar-refractivity contribution in [2.24, 2.45) is 0 Å². The smallest absolute Gasteiger partial charge is 0.115 e. The van der Waals surface area contributed by atoms with Gasteiger partial charge in [-0.1, -0.05) is 6.92 Å². The van der Waals surface area contributed by atoms with Crippen molar-refractivity contribution in [2.75, 3.05) is 6.54 Å². The van der Waals surface area contributed by atoms with Gasteiger partial charge in [0.05, 0.1) is 15.5 Å². The van der Waals surface area contributed by atoms with E-state index in [2.05, 4.69) is 59.1 Å². The van der Waals surface area contributed by atoms with Crippen molar-refractivity contribution in [1.29, 1.82) is 0 Å². The Morgan fingerprint density at radius 1 is 1.35 bits per heavy atom. The van der Waals surface area contributed by atoms with E-state index in [9.17, 15) is 0 Å². The summed E-state index contributed by atoms with van der Waals surface area (Å²) in [6.45, 7) is 7.27. The molecule has 0 fully saturated rings. The standard InChI is InChI=1S/C12H15BrN2S2/c1-4-14-11(9-5-6-10(13)17-9)12-15-7(2)8(3)16-12/h5-6,11,14H,4H2,1-3H3. The fourth-order valence-electron chi connectivity index (χ4n) is 1.62. The molecule has 2 nitrogen and oxygen atoms in total. The van der Waals surface area contributed by atoms with Crippen molar-refractivity contribution in [1.82, 2.24) is 10.3 Å². The van der Waals surface area contributed by atoms with Gasteiger partial charge in [-0.15, -0.1) is 22.7 Å². The van der Waals surface area contributed by atoms with Crippen LogP contribution in [0.4, 0.5) is 0 Å². The fraction of sp³-hybridized carbons (Fsp3) is 0.417. The van der Waals surface area contributed by atoms with Crippen LogP contribution in [-0.2, 0) is 0 Å². The molecule has 1 atom stereocenters. The van der Waals surface area contributed by atoms with Crippen LogP contribution >= 0.6 is 38.6 Å². The SMILES string of the molecule is CCNC(c1ccc(Br)s1)c1nc(C)c(C)s1. The number of halogens is 1. The molecule has 2 heterocycles. The highest BCUT2D eigenvalue weighted by atomic mass is 79.9. The van der Waals surface area contributed by atoms with Gasteiger partial charge < -0.3 is 5.32 Å². The highest BCUT2D eigenvalue weighted by Crippen LogP contribution is 2.33. The molecular formula is C12H15BrN2S2. The van der Waals surface area contributed by atoms with Crippen LogP contribution in [0.5, 0.6) is 0 Å². The average Bonchev–Trinajstić information content (AvgIpc) is 2.83. The Labute approximate surface area is 118 Å². The van der Waals surface area contributed by atoms with Crippen LogP contribution in [0.25, 0.3) is 0 Å². The molecule has 0 bridgehead atoms. The van der Waals surface area contributed by atoms with Crippen LogP contribution in [-0.4, -0.2) is 11.5 Å². The van der Waals surface area contributed by atoms with Gasteiger partial charge in [-0.05, 0) is 48.5 Å². The normalized spacial score (nSPS) is 12.9. The summed E-state index contributed by atoms with van der Waals surface area (Å²) in [7, 11) is 0. The van der Waals surface area contributed by atoms with Crippen molar-refractivity contribution in [3.63, 3.8) is 0 Å². The second kappa shape index (κ2) is 5.61. The predicted octanol–water partition coefficient (Wildman–Crippen LogP) is 4.28. The van der Waals surface area contributed by atoms with Crippen LogP contribution in [0.2, 0.25) is 0 Å². The highest BCUT2D eigenvalue weighted by molar-refractivity contribution is 9.11. The maximum atomic E-state index is 4.66. The van der Waals surface area contributed by atoms with Crippen molar-refractivity contribution in [3.05, 3.63) is 36.4 Å². The molecule has 0 spiro atoms. The van der Waals surface area contributed by atoms with Crippen LogP contribution in [0.3, 0.4) is 0 Å². The first kappa shape index (κ1) is 13.2. The predicted molar refractivity (Wildman–Crippen MR) is 79.1 cm³/mol. The molecule has 0 amide bonds. The van der Waals surface area contributed by atoms with E-state index >= 15 is 0 Å². The zero-order valence-corrected chi connectivity index (χ0v) is 13.3. The third-order valence-electron chi connectivity index (χ3n) is 2.58.